The summed E-state index contributed by atoms with van der Waals surface area (Å²) >= 11 is 0. The molecule has 1 fully saturated rings. The lowest BCUT2D eigenvalue weighted by molar-refractivity contribution is 0.135. The van der Waals surface area contributed by atoms with Crippen molar-refractivity contribution in [1.82, 2.24) is 10.2 Å². The Morgan fingerprint density at radius 3 is 1.94 bits per heavy atom. The SMILES string of the molecule is C#C.Fc1ccccc1F.O=C(N[C@H]1CCN(Cc2ccccc2)C1)OCc1ccccc1. The molecule has 3 aromatic carbocycles. The standard InChI is InChI=1S/C19H22N2O2.C6H4F2.C2H2/c22-19(23-15-17-9-5-2-6-10-17)20-18-11-12-21(14-18)13-16-7-3-1-4-8-16;7-5-3-1-2-4-6(5)8;1-2/h1-10,18H,11-15H2,(H,20,22);1-4H;1-2H/t18-;;/m0../s1. The Morgan fingerprint density at radius 1 is 0.879 bits per heavy atom. The molecule has 0 bridgehead atoms. The van der Waals surface area contributed by atoms with Crippen molar-refractivity contribution in [2.75, 3.05) is 13.1 Å². The molecular weight excluding hydrogens is 422 g/mol. The molecule has 0 aromatic heterocycles. The zero-order valence-corrected chi connectivity index (χ0v) is 18.4. The average molecular weight is 451 g/mol. The molecule has 1 N–H and O–H groups in total. The summed E-state index contributed by atoms with van der Waals surface area (Å²) in [5, 5.41) is 2.96. The van der Waals surface area contributed by atoms with Crippen LogP contribution in [-0.2, 0) is 17.9 Å². The summed E-state index contributed by atoms with van der Waals surface area (Å²) in [6.07, 6.45) is 8.63. The van der Waals surface area contributed by atoms with Crippen molar-refractivity contribution in [2.45, 2.75) is 25.6 Å². The van der Waals surface area contributed by atoms with Gasteiger partial charge >= 0.3 is 6.09 Å². The van der Waals surface area contributed by atoms with Gasteiger partial charge in [0.05, 0.1) is 0 Å². The van der Waals surface area contributed by atoms with Crippen LogP contribution in [0.4, 0.5) is 13.6 Å². The Hall–Kier alpha value is -3.69. The number of nitrogens with one attached hydrogen (secondary N) is 1. The number of carbonyl (C=O) groups is 1. The molecule has 1 amide bonds. The lowest BCUT2D eigenvalue weighted by Gasteiger charge is -2.16. The van der Waals surface area contributed by atoms with E-state index in [0.29, 0.717) is 6.61 Å². The van der Waals surface area contributed by atoms with Crippen LogP contribution < -0.4 is 5.32 Å². The number of halogens is 2. The van der Waals surface area contributed by atoms with Gasteiger partial charge in [-0.3, -0.25) is 4.90 Å². The van der Waals surface area contributed by atoms with E-state index in [4.69, 9.17) is 4.74 Å². The monoisotopic (exact) mass is 450 g/mol. The number of nitrogens with zero attached hydrogens (tertiary/aromatic N) is 1. The second-order valence-corrected chi connectivity index (χ2v) is 7.33. The maximum absolute atomic E-state index is 11.9. The van der Waals surface area contributed by atoms with Crippen LogP contribution in [0.5, 0.6) is 0 Å². The summed E-state index contributed by atoms with van der Waals surface area (Å²) in [6.45, 7) is 3.11. The third kappa shape index (κ3) is 9.55. The van der Waals surface area contributed by atoms with E-state index >= 15 is 0 Å². The lowest BCUT2D eigenvalue weighted by atomic mass is 10.2. The molecule has 1 aliphatic rings. The molecule has 4 rings (SSSR count). The molecule has 3 aromatic rings. The normalized spacial score (nSPS) is 14.7. The Kier molecular flexibility index (Phi) is 11.1. The first-order valence-corrected chi connectivity index (χ1v) is 10.6. The number of hydrogen-bond acceptors (Lipinski definition) is 3. The minimum Gasteiger partial charge on any atom is -0.445 e. The topological polar surface area (TPSA) is 41.6 Å². The van der Waals surface area contributed by atoms with Crippen molar-refractivity contribution in [3.8, 4) is 12.8 Å². The third-order valence-corrected chi connectivity index (χ3v) is 4.88. The third-order valence-electron chi connectivity index (χ3n) is 4.88. The van der Waals surface area contributed by atoms with Gasteiger partial charge in [0.25, 0.3) is 0 Å². The fraction of sp³-hybridized carbons (Fsp3) is 0.222. The molecule has 33 heavy (non-hydrogen) atoms. The van der Waals surface area contributed by atoms with Crippen molar-refractivity contribution in [1.29, 1.82) is 0 Å². The maximum Gasteiger partial charge on any atom is 0.407 e. The highest BCUT2D eigenvalue weighted by atomic mass is 19.2. The minimum absolute atomic E-state index is 0.169. The van der Waals surface area contributed by atoms with Crippen molar-refractivity contribution < 1.29 is 18.3 Å². The summed E-state index contributed by atoms with van der Waals surface area (Å²) in [4.78, 5) is 14.2. The van der Waals surface area contributed by atoms with E-state index in [9.17, 15) is 13.6 Å². The van der Waals surface area contributed by atoms with Crippen molar-refractivity contribution in [3.63, 3.8) is 0 Å². The van der Waals surface area contributed by atoms with Gasteiger partial charge in [-0.1, -0.05) is 72.8 Å². The van der Waals surface area contributed by atoms with Crippen LogP contribution in [0, 0.1) is 24.5 Å². The highest BCUT2D eigenvalue weighted by Gasteiger charge is 2.24. The first kappa shape index (κ1) is 25.6. The van der Waals surface area contributed by atoms with E-state index < -0.39 is 11.6 Å². The molecule has 0 saturated carbocycles. The predicted molar refractivity (Wildman–Crippen MR) is 126 cm³/mol. The molecule has 0 aliphatic carbocycles. The first-order chi connectivity index (χ1) is 16.1. The smallest absolute Gasteiger partial charge is 0.407 e. The van der Waals surface area contributed by atoms with Gasteiger partial charge in [-0.15, -0.1) is 12.8 Å². The van der Waals surface area contributed by atoms with Gasteiger partial charge in [-0.05, 0) is 29.7 Å². The molecule has 6 heteroatoms. The number of hydrogen-bond donors (Lipinski definition) is 1. The lowest BCUT2D eigenvalue weighted by Crippen LogP contribution is -2.37. The van der Waals surface area contributed by atoms with E-state index in [1.165, 1.54) is 17.7 Å². The van der Waals surface area contributed by atoms with Gasteiger partial charge in [0.15, 0.2) is 11.6 Å². The number of benzene rings is 3. The van der Waals surface area contributed by atoms with E-state index in [1.54, 1.807) is 0 Å². The predicted octanol–water partition coefficient (Wildman–Crippen LogP) is 5.40. The summed E-state index contributed by atoms with van der Waals surface area (Å²) in [7, 11) is 0. The number of amides is 1. The van der Waals surface area contributed by atoms with Crippen LogP contribution in [0.3, 0.4) is 0 Å². The van der Waals surface area contributed by atoms with Crippen LogP contribution >= 0.6 is 0 Å². The van der Waals surface area contributed by atoms with Crippen LogP contribution in [0.25, 0.3) is 0 Å². The van der Waals surface area contributed by atoms with Crippen molar-refractivity contribution in [3.05, 3.63) is 108 Å². The molecule has 1 aliphatic heterocycles. The number of alkyl carbamates (subject to hydrolysis) is 1. The summed E-state index contributed by atoms with van der Waals surface area (Å²) in [5.41, 5.74) is 2.31. The number of likely N-dealkylation sites (tertiary alicyclic amines) is 1. The van der Waals surface area contributed by atoms with E-state index in [2.05, 4.69) is 47.3 Å². The summed E-state index contributed by atoms with van der Waals surface area (Å²) in [5.74, 6) is -1.60. The highest BCUT2D eigenvalue weighted by molar-refractivity contribution is 5.67. The second kappa shape index (κ2) is 14.4. The molecule has 0 unspecified atom stereocenters. The highest BCUT2D eigenvalue weighted by Crippen LogP contribution is 2.13. The minimum atomic E-state index is -0.799. The summed E-state index contributed by atoms with van der Waals surface area (Å²) < 4.78 is 29.2. The van der Waals surface area contributed by atoms with Crippen LogP contribution in [0.1, 0.15) is 17.5 Å². The van der Waals surface area contributed by atoms with Crippen molar-refractivity contribution in [2.24, 2.45) is 0 Å². The molecule has 1 heterocycles. The molecule has 172 valence electrons. The zero-order chi connectivity index (χ0) is 23.9. The van der Waals surface area contributed by atoms with Crippen LogP contribution in [-0.4, -0.2) is 30.1 Å². The fourth-order valence-corrected chi connectivity index (χ4v) is 3.31. The van der Waals surface area contributed by atoms with Gasteiger partial charge in [0.2, 0.25) is 0 Å². The Labute approximate surface area is 194 Å². The molecule has 0 radical (unpaired) electrons. The van der Waals surface area contributed by atoms with Crippen molar-refractivity contribution >= 4 is 6.09 Å². The molecule has 1 atom stereocenters. The quantitative estimate of drug-likeness (QED) is 0.529. The number of ether oxygens (including phenoxy) is 1. The van der Waals surface area contributed by atoms with Gasteiger partial charge in [-0.25, -0.2) is 13.6 Å². The molecular formula is C27H28F2N2O2. The maximum atomic E-state index is 11.9. The Balaban J connectivity index is 0.000000323. The Morgan fingerprint density at radius 2 is 1.39 bits per heavy atom. The van der Waals surface area contributed by atoms with E-state index in [-0.39, 0.29) is 12.1 Å². The summed E-state index contributed by atoms with van der Waals surface area (Å²) in [6, 6.07) is 25.3. The van der Waals surface area contributed by atoms with Gasteiger partial charge in [-0.2, -0.15) is 0 Å². The molecule has 0 spiro atoms. The first-order valence-electron chi connectivity index (χ1n) is 10.6. The number of terminal acetylenes is 1. The van der Waals surface area contributed by atoms with E-state index in [1.807, 2.05) is 36.4 Å². The molecule has 4 nitrogen and oxygen atoms in total. The van der Waals surface area contributed by atoms with Gasteiger partial charge in [0, 0.05) is 25.7 Å². The average Bonchev–Trinajstić information content (AvgIpc) is 3.29. The number of rotatable bonds is 5. The van der Waals surface area contributed by atoms with Gasteiger partial charge < -0.3 is 10.1 Å². The molecule has 1 saturated heterocycles. The van der Waals surface area contributed by atoms with Crippen LogP contribution in [0.2, 0.25) is 0 Å². The largest absolute Gasteiger partial charge is 0.445 e. The second-order valence-electron chi connectivity index (χ2n) is 7.33. The fourth-order valence-electron chi connectivity index (χ4n) is 3.31. The van der Waals surface area contributed by atoms with E-state index in [0.717, 1.165) is 43.8 Å². The number of carbonyl (C=O) groups excluding carboxylic acids is 1. The van der Waals surface area contributed by atoms with Crippen LogP contribution in [0.15, 0.2) is 84.9 Å². The van der Waals surface area contributed by atoms with Gasteiger partial charge in [0.1, 0.15) is 6.61 Å². The zero-order valence-electron chi connectivity index (χ0n) is 18.4. The Bertz CT molecular complexity index is 960.